The number of terminal acetylenes is 1. The summed E-state index contributed by atoms with van der Waals surface area (Å²) in [6.07, 6.45) is 9.54. The zero-order valence-corrected chi connectivity index (χ0v) is 21.0. The van der Waals surface area contributed by atoms with Crippen LogP contribution in [0.3, 0.4) is 0 Å². The summed E-state index contributed by atoms with van der Waals surface area (Å²) in [6.45, 7) is 0. The lowest BCUT2D eigenvalue weighted by Crippen LogP contribution is -2.43. The van der Waals surface area contributed by atoms with E-state index in [0.29, 0.717) is 49.9 Å². The molecule has 1 aromatic heterocycles. The number of carbonyl (C=O) groups excluding carboxylic acids is 1. The highest BCUT2D eigenvalue weighted by Gasteiger charge is 2.29. The van der Waals surface area contributed by atoms with Crippen molar-refractivity contribution in [2.45, 2.75) is 31.3 Å². The molecule has 4 rings (SSSR count). The molecule has 2 atom stereocenters. The van der Waals surface area contributed by atoms with Gasteiger partial charge in [-0.05, 0) is 42.9 Å². The molecule has 1 aliphatic rings. The molecule has 2 aromatic carbocycles. The van der Waals surface area contributed by atoms with Crippen LogP contribution >= 0.6 is 23.2 Å². The Hall–Kier alpha value is -3.41. The second kappa shape index (κ2) is 10.5. The number of nitrogens with one attached hydrogen (secondary N) is 2. The van der Waals surface area contributed by atoms with Gasteiger partial charge in [-0.15, -0.1) is 6.42 Å². The minimum atomic E-state index is -0.427. The molecule has 3 aromatic rings. The van der Waals surface area contributed by atoms with Crippen molar-refractivity contribution in [1.29, 1.82) is 0 Å². The number of amides is 1. The Bertz CT molecular complexity index is 1300. The molecule has 0 aliphatic heterocycles. The van der Waals surface area contributed by atoms with Crippen molar-refractivity contribution in [3.8, 4) is 40.7 Å². The SMILES string of the molecule is C#CC(=O)NC1CCCC1Nc1ncc2cc(-c3c(Cl)c(OC)cc(OC)c3Cl)cc(OC)c2n1. The lowest BCUT2D eigenvalue weighted by atomic mass is 10.0. The van der Waals surface area contributed by atoms with Gasteiger partial charge in [-0.25, -0.2) is 9.97 Å². The molecule has 1 saturated carbocycles. The summed E-state index contributed by atoms with van der Waals surface area (Å²) in [5, 5.41) is 7.59. The standard InChI is InChI=1S/C25H24Cl2N4O4/c1-5-20(32)29-15-7-6-8-16(15)30-25-28-12-14-9-13(10-19(35-4)24(14)31-25)21-22(26)17(33-2)11-18(34-3)23(21)27/h1,9-12,15-16H,6-8H2,2-4H3,(H,29,32)(H,28,30,31). The zero-order chi connectivity index (χ0) is 25.1. The Balaban J connectivity index is 1.73. The van der Waals surface area contributed by atoms with Gasteiger partial charge in [0.15, 0.2) is 0 Å². The van der Waals surface area contributed by atoms with Crippen LogP contribution in [0.4, 0.5) is 5.95 Å². The van der Waals surface area contributed by atoms with Crippen LogP contribution in [-0.2, 0) is 4.79 Å². The molecule has 0 spiro atoms. The van der Waals surface area contributed by atoms with E-state index in [1.165, 1.54) is 14.2 Å². The number of nitrogens with zero attached hydrogens (tertiary/aromatic N) is 2. The maximum absolute atomic E-state index is 11.6. The van der Waals surface area contributed by atoms with Gasteiger partial charge >= 0.3 is 0 Å². The number of fused-ring (bicyclic) bond motifs is 1. The molecule has 182 valence electrons. The van der Waals surface area contributed by atoms with Gasteiger partial charge in [0.1, 0.15) is 22.8 Å². The Kier molecular flexibility index (Phi) is 7.39. The van der Waals surface area contributed by atoms with Gasteiger partial charge in [0.05, 0.1) is 31.4 Å². The van der Waals surface area contributed by atoms with Gasteiger partial charge in [-0.3, -0.25) is 4.79 Å². The minimum Gasteiger partial charge on any atom is -0.495 e. The minimum absolute atomic E-state index is 0.0307. The molecule has 2 N–H and O–H groups in total. The number of hydrogen-bond donors (Lipinski definition) is 2. The predicted octanol–water partition coefficient (Wildman–Crippen LogP) is 4.71. The number of halogens is 2. The zero-order valence-electron chi connectivity index (χ0n) is 19.4. The van der Waals surface area contributed by atoms with Gasteiger partial charge < -0.3 is 24.8 Å². The van der Waals surface area contributed by atoms with E-state index in [1.807, 2.05) is 6.07 Å². The molecule has 1 fully saturated rings. The van der Waals surface area contributed by atoms with Gasteiger partial charge in [0, 0.05) is 35.3 Å². The number of methoxy groups -OCH3 is 3. The van der Waals surface area contributed by atoms with Crippen LogP contribution in [0.5, 0.6) is 17.2 Å². The second-order valence-corrected chi connectivity index (χ2v) is 8.76. The molecule has 1 heterocycles. The van der Waals surface area contributed by atoms with Crippen molar-refractivity contribution in [2.75, 3.05) is 26.6 Å². The summed E-state index contributed by atoms with van der Waals surface area (Å²) in [4.78, 5) is 20.8. The van der Waals surface area contributed by atoms with E-state index in [9.17, 15) is 4.79 Å². The highest BCUT2D eigenvalue weighted by molar-refractivity contribution is 6.41. The molecule has 0 bridgehead atoms. The average molecular weight is 515 g/mol. The summed E-state index contributed by atoms with van der Waals surface area (Å²) >= 11 is 13.2. The monoisotopic (exact) mass is 514 g/mol. The van der Waals surface area contributed by atoms with E-state index >= 15 is 0 Å². The molecule has 1 aliphatic carbocycles. The van der Waals surface area contributed by atoms with Crippen molar-refractivity contribution in [1.82, 2.24) is 15.3 Å². The summed E-state index contributed by atoms with van der Waals surface area (Å²) in [5.74, 6) is 3.47. The highest BCUT2D eigenvalue weighted by atomic mass is 35.5. The molecular formula is C25H24Cl2N4O4. The number of ether oxygens (including phenoxy) is 3. The lowest BCUT2D eigenvalue weighted by molar-refractivity contribution is -0.116. The van der Waals surface area contributed by atoms with Gasteiger partial charge in [-0.1, -0.05) is 23.2 Å². The number of anilines is 1. The Morgan fingerprint density at radius 2 is 1.69 bits per heavy atom. The maximum Gasteiger partial charge on any atom is 0.295 e. The third-order valence-corrected chi connectivity index (χ3v) is 6.76. The molecule has 8 nitrogen and oxygen atoms in total. The van der Waals surface area contributed by atoms with E-state index < -0.39 is 5.91 Å². The van der Waals surface area contributed by atoms with Crippen molar-refractivity contribution in [3.63, 3.8) is 0 Å². The van der Waals surface area contributed by atoms with E-state index in [4.69, 9.17) is 43.8 Å². The molecular weight excluding hydrogens is 491 g/mol. The fraction of sp³-hybridized carbons (Fsp3) is 0.320. The smallest absolute Gasteiger partial charge is 0.295 e. The van der Waals surface area contributed by atoms with E-state index in [1.54, 1.807) is 25.4 Å². The van der Waals surface area contributed by atoms with Gasteiger partial charge in [0.25, 0.3) is 5.91 Å². The second-order valence-electron chi connectivity index (χ2n) is 8.00. The topological polar surface area (TPSA) is 94.6 Å². The molecule has 10 heteroatoms. The largest absolute Gasteiger partial charge is 0.495 e. The van der Waals surface area contributed by atoms with Crippen LogP contribution in [0.1, 0.15) is 19.3 Å². The van der Waals surface area contributed by atoms with Crippen LogP contribution in [0.2, 0.25) is 10.0 Å². The summed E-state index contributed by atoms with van der Waals surface area (Å²) < 4.78 is 16.4. The first-order valence-electron chi connectivity index (χ1n) is 10.9. The molecule has 0 saturated heterocycles. The van der Waals surface area contributed by atoms with Crippen LogP contribution in [-0.4, -0.2) is 49.3 Å². The molecule has 0 radical (unpaired) electrons. The third-order valence-electron chi connectivity index (χ3n) is 6.01. The van der Waals surface area contributed by atoms with Crippen molar-refractivity contribution >= 4 is 46.0 Å². The first-order valence-corrected chi connectivity index (χ1v) is 11.6. The van der Waals surface area contributed by atoms with Crippen molar-refractivity contribution in [3.05, 3.63) is 34.4 Å². The third kappa shape index (κ3) is 4.88. The maximum atomic E-state index is 11.6. The Labute approximate surface area is 213 Å². The number of aromatic nitrogens is 2. The van der Waals surface area contributed by atoms with E-state index in [-0.39, 0.29) is 12.1 Å². The summed E-state index contributed by atoms with van der Waals surface area (Å²) in [7, 11) is 4.61. The molecule has 35 heavy (non-hydrogen) atoms. The van der Waals surface area contributed by atoms with Crippen LogP contribution < -0.4 is 24.8 Å². The molecule has 2 unspecified atom stereocenters. The average Bonchev–Trinajstić information content (AvgIpc) is 3.29. The number of carbonyl (C=O) groups is 1. The Morgan fingerprint density at radius 3 is 2.31 bits per heavy atom. The molecule has 1 amide bonds. The van der Waals surface area contributed by atoms with Gasteiger partial charge in [-0.2, -0.15) is 0 Å². The van der Waals surface area contributed by atoms with Crippen LogP contribution in [0.25, 0.3) is 22.0 Å². The van der Waals surface area contributed by atoms with Crippen molar-refractivity contribution in [2.24, 2.45) is 0 Å². The quantitative estimate of drug-likeness (QED) is 0.440. The Morgan fingerprint density at radius 1 is 1.03 bits per heavy atom. The number of hydrogen-bond acceptors (Lipinski definition) is 7. The fourth-order valence-electron chi connectivity index (χ4n) is 4.30. The first kappa shape index (κ1) is 24.7. The fourth-order valence-corrected chi connectivity index (χ4v) is 5.02. The predicted molar refractivity (Wildman–Crippen MR) is 137 cm³/mol. The highest BCUT2D eigenvalue weighted by Crippen LogP contribution is 2.47. The van der Waals surface area contributed by atoms with Gasteiger partial charge in [0.2, 0.25) is 5.95 Å². The summed E-state index contributed by atoms with van der Waals surface area (Å²) in [5.41, 5.74) is 1.85. The lowest BCUT2D eigenvalue weighted by Gasteiger charge is -2.21. The first-order chi connectivity index (χ1) is 16.9. The number of benzene rings is 2. The summed E-state index contributed by atoms with van der Waals surface area (Å²) in [6, 6.07) is 5.19. The van der Waals surface area contributed by atoms with Crippen LogP contribution in [0.15, 0.2) is 24.4 Å². The van der Waals surface area contributed by atoms with Crippen LogP contribution in [0, 0.1) is 12.3 Å². The normalized spacial score (nSPS) is 17.0. The van der Waals surface area contributed by atoms with Crippen molar-refractivity contribution < 1.29 is 19.0 Å². The van der Waals surface area contributed by atoms with E-state index in [0.717, 1.165) is 24.6 Å². The van der Waals surface area contributed by atoms with E-state index in [2.05, 4.69) is 26.5 Å². The number of rotatable bonds is 7.